The molecule has 3 aromatic rings. The van der Waals surface area contributed by atoms with Crippen molar-refractivity contribution in [3.05, 3.63) is 99.5 Å². The summed E-state index contributed by atoms with van der Waals surface area (Å²) in [6, 6.07) is 18.9. The fourth-order valence-corrected chi connectivity index (χ4v) is 4.07. The van der Waals surface area contributed by atoms with E-state index in [0.29, 0.717) is 22.8 Å². The van der Waals surface area contributed by atoms with Crippen LogP contribution in [0.3, 0.4) is 0 Å². The summed E-state index contributed by atoms with van der Waals surface area (Å²) >= 11 is 1.06. The first-order valence-corrected chi connectivity index (χ1v) is 11.3. The lowest BCUT2D eigenvalue weighted by Gasteiger charge is -2.10. The Bertz CT molecular complexity index is 1350. The minimum Gasteiger partial charge on any atom is -0.488 e. The molecule has 1 fully saturated rings. The van der Waals surface area contributed by atoms with Gasteiger partial charge < -0.3 is 20.3 Å². The van der Waals surface area contributed by atoms with Crippen molar-refractivity contribution in [2.45, 2.75) is 13.5 Å². The fourth-order valence-electron chi connectivity index (χ4n) is 3.24. The summed E-state index contributed by atoms with van der Waals surface area (Å²) in [6.07, 6.45) is 1.68. The Morgan fingerprint density at radius 3 is 2.31 bits per heavy atom. The molecule has 0 saturated carbocycles. The predicted octanol–water partition coefficient (Wildman–Crippen LogP) is 4.86. The molecule has 0 bridgehead atoms. The molecule has 0 radical (unpaired) electrons. The number of hydrogen-bond acceptors (Lipinski definition) is 6. The molecule has 9 heteroatoms. The normalized spacial score (nSPS) is 15.3. The number of amidine groups is 1. The Hall–Kier alpha value is -4.37. The van der Waals surface area contributed by atoms with E-state index in [4.69, 9.17) is 4.74 Å². The van der Waals surface area contributed by atoms with Crippen molar-refractivity contribution in [2.75, 3.05) is 0 Å². The Kier molecular flexibility index (Phi) is 6.98. The van der Waals surface area contributed by atoms with Crippen molar-refractivity contribution in [2.24, 2.45) is 4.99 Å². The van der Waals surface area contributed by atoms with Crippen LogP contribution in [0.15, 0.2) is 76.6 Å². The van der Waals surface area contributed by atoms with Crippen molar-refractivity contribution in [1.29, 1.82) is 0 Å². The largest absolute Gasteiger partial charge is 0.488 e. The standard InChI is InChI=1S/C26H20N2O6S/c1-15-6-8-16(9-7-15)14-34-21-5-3-2-4-17(21)13-22-23(29)28-26(35-22)27-20-11-18(24(30)31)10-19(12-20)25(32)33/h2-13H,14H2,1H3,(H,30,31)(H,32,33)(H,27,28,29). The van der Waals surface area contributed by atoms with E-state index in [1.807, 2.05) is 55.5 Å². The first-order valence-electron chi connectivity index (χ1n) is 10.5. The average molecular weight is 489 g/mol. The number of nitrogens with one attached hydrogen (secondary N) is 1. The number of aryl methyl sites for hydroxylation is 1. The van der Waals surface area contributed by atoms with Crippen LogP contribution in [0, 0.1) is 6.92 Å². The van der Waals surface area contributed by atoms with Crippen LogP contribution in [0.25, 0.3) is 6.08 Å². The highest BCUT2D eigenvalue weighted by molar-refractivity contribution is 8.18. The molecule has 3 N–H and O–H groups in total. The predicted molar refractivity (Wildman–Crippen MR) is 133 cm³/mol. The first-order chi connectivity index (χ1) is 16.8. The van der Waals surface area contributed by atoms with Gasteiger partial charge in [0.15, 0.2) is 5.17 Å². The molecule has 0 atom stereocenters. The number of carboxylic acid groups (broad SMARTS) is 2. The summed E-state index contributed by atoms with van der Waals surface area (Å²) in [6.45, 7) is 2.39. The summed E-state index contributed by atoms with van der Waals surface area (Å²) in [7, 11) is 0. The average Bonchev–Trinajstić information content (AvgIpc) is 3.17. The summed E-state index contributed by atoms with van der Waals surface area (Å²) in [5.41, 5.74) is 2.56. The number of carboxylic acids is 2. The van der Waals surface area contributed by atoms with E-state index < -0.39 is 11.9 Å². The molecule has 3 aromatic carbocycles. The van der Waals surface area contributed by atoms with Crippen LogP contribution in [0.4, 0.5) is 5.69 Å². The highest BCUT2D eigenvalue weighted by Gasteiger charge is 2.24. The minimum absolute atomic E-state index is 0.105. The number of para-hydroxylation sites is 1. The third kappa shape index (κ3) is 5.96. The van der Waals surface area contributed by atoms with Crippen molar-refractivity contribution in [3.8, 4) is 5.75 Å². The van der Waals surface area contributed by atoms with Crippen molar-refractivity contribution < 1.29 is 29.3 Å². The van der Waals surface area contributed by atoms with E-state index in [-0.39, 0.29) is 27.9 Å². The van der Waals surface area contributed by atoms with Crippen molar-refractivity contribution in [3.63, 3.8) is 0 Å². The van der Waals surface area contributed by atoms with E-state index in [1.54, 1.807) is 6.08 Å². The number of hydrogen-bond donors (Lipinski definition) is 3. The SMILES string of the molecule is Cc1ccc(COc2ccccc2C=C2SC(=Nc3cc(C(=O)O)cc(C(=O)O)c3)NC2=O)cc1. The molecule has 8 nitrogen and oxygen atoms in total. The van der Waals surface area contributed by atoms with Crippen LogP contribution in [-0.2, 0) is 11.4 Å². The molecular weight excluding hydrogens is 468 g/mol. The first kappa shape index (κ1) is 23.8. The molecule has 1 saturated heterocycles. The van der Waals surface area contributed by atoms with E-state index in [9.17, 15) is 24.6 Å². The number of thioether (sulfide) groups is 1. The molecule has 1 amide bonds. The number of carbonyl (C=O) groups is 3. The van der Waals surface area contributed by atoms with Crippen molar-refractivity contribution >= 4 is 46.5 Å². The van der Waals surface area contributed by atoms with Crippen LogP contribution in [0.2, 0.25) is 0 Å². The minimum atomic E-state index is -1.28. The van der Waals surface area contributed by atoms with Gasteiger partial charge in [0.05, 0.1) is 21.7 Å². The number of ether oxygens (including phenoxy) is 1. The second-order valence-corrected chi connectivity index (χ2v) is 8.70. The molecule has 0 aromatic heterocycles. The Labute approximate surface area is 205 Å². The van der Waals surface area contributed by atoms with Crippen LogP contribution in [0.5, 0.6) is 5.75 Å². The number of carbonyl (C=O) groups excluding carboxylic acids is 1. The lowest BCUT2D eigenvalue weighted by Crippen LogP contribution is -2.19. The van der Waals surface area contributed by atoms with Crippen LogP contribution < -0.4 is 10.1 Å². The third-order valence-electron chi connectivity index (χ3n) is 5.01. The second kappa shape index (κ2) is 10.3. The van der Waals surface area contributed by atoms with Crippen LogP contribution >= 0.6 is 11.8 Å². The fraction of sp³-hybridized carbons (Fsp3) is 0.0769. The molecule has 176 valence electrons. The molecule has 1 aliphatic heterocycles. The quantitative estimate of drug-likeness (QED) is 0.406. The third-order valence-corrected chi connectivity index (χ3v) is 5.92. The number of aromatic carboxylic acids is 2. The van der Waals surface area contributed by atoms with Crippen molar-refractivity contribution in [1.82, 2.24) is 5.32 Å². The number of aliphatic imine (C=N–C) groups is 1. The van der Waals surface area contributed by atoms with Gasteiger partial charge in [-0.15, -0.1) is 0 Å². The van der Waals surface area contributed by atoms with Gasteiger partial charge in [-0.25, -0.2) is 14.6 Å². The van der Waals surface area contributed by atoms with Crippen LogP contribution in [0.1, 0.15) is 37.4 Å². The van der Waals surface area contributed by atoms with Gasteiger partial charge in [0.25, 0.3) is 5.91 Å². The topological polar surface area (TPSA) is 125 Å². The zero-order valence-corrected chi connectivity index (χ0v) is 19.3. The summed E-state index contributed by atoms with van der Waals surface area (Å²) in [4.78, 5) is 39.8. The van der Waals surface area contributed by atoms with Gasteiger partial charge in [-0.1, -0.05) is 48.0 Å². The molecule has 1 heterocycles. The maximum atomic E-state index is 12.5. The zero-order valence-electron chi connectivity index (χ0n) is 18.5. The Morgan fingerprint density at radius 2 is 1.66 bits per heavy atom. The highest BCUT2D eigenvalue weighted by Crippen LogP contribution is 2.31. The van der Waals surface area contributed by atoms with Crippen LogP contribution in [-0.4, -0.2) is 33.2 Å². The molecule has 0 aliphatic carbocycles. The van der Waals surface area contributed by atoms with E-state index in [0.717, 1.165) is 29.0 Å². The Morgan fingerprint density at radius 1 is 1.00 bits per heavy atom. The lowest BCUT2D eigenvalue weighted by atomic mass is 10.1. The second-order valence-electron chi connectivity index (χ2n) is 7.67. The summed E-state index contributed by atoms with van der Waals surface area (Å²) < 4.78 is 5.98. The van der Waals surface area contributed by atoms with Gasteiger partial charge in [0.1, 0.15) is 12.4 Å². The smallest absolute Gasteiger partial charge is 0.335 e. The number of benzene rings is 3. The van der Waals surface area contributed by atoms with E-state index >= 15 is 0 Å². The number of amides is 1. The van der Waals surface area contributed by atoms with E-state index in [2.05, 4.69) is 10.3 Å². The molecule has 0 unspecified atom stereocenters. The monoisotopic (exact) mass is 488 g/mol. The summed E-state index contributed by atoms with van der Waals surface area (Å²) in [5, 5.41) is 21.3. The van der Waals surface area contributed by atoms with Gasteiger partial charge in [-0.3, -0.25) is 4.79 Å². The zero-order chi connectivity index (χ0) is 24.9. The molecule has 4 rings (SSSR count). The van der Waals surface area contributed by atoms with Gasteiger partial charge in [-0.05, 0) is 54.6 Å². The molecule has 0 spiro atoms. The van der Waals surface area contributed by atoms with Gasteiger partial charge in [0, 0.05) is 5.56 Å². The number of rotatable bonds is 7. The molecular formula is C26H20N2O6S. The molecule has 1 aliphatic rings. The molecule has 35 heavy (non-hydrogen) atoms. The van der Waals surface area contributed by atoms with Gasteiger partial charge >= 0.3 is 11.9 Å². The van der Waals surface area contributed by atoms with Gasteiger partial charge in [-0.2, -0.15) is 0 Å². The maximum Gasteiger partial charge on any atom is 0.335 e. The Balaban J connectivity index is 1.56. The number of nitrogens with zero attached hydrogens (tertiary/aromatic N) is 1. The maximum absolute atomic E-state index is 12.5. The highest BCUT2D eigenvalue weighted by atomic mass is 32.2. The van der Waals surface area contributed by atoms with Gasteiger partial charge in [0.2, 0.25) is 0 Å². The van der Waals surface area contributed by atoms with E-state index in [1.165, 1.54) is 12.1 Å². The lowest BCUT2D eigenvalue weighted by molar-refractivity contribution is -0.115. The summed E-state index contributed by atoms with van der Waals surface area (Å²) in [5.74, 6) is -2.32.